The van der Waals surface area contributed by atoms with Crippen LogP contribution in [-0.2, 0) is 6.54 Å². The van der Waals surface area contributed by atoms with Gasteiger partial charge in [0.05, 0.1) is 16.8 Å². The second-order valence-corrected chi connectivity index (χ2v) is 9.30. The molecule has 3 aromatic heterocycles. The van der Waals surface area contributed by atoms with E-state index in [1.165, 1.54) is 10.8 Å². The summed E-state index contributed by atoms with van der Waals surface area (Å²) in [6.45, 7) is 0.712. The third-order valence-electron chi connectivity index (χ3n) is 7.20. The maximum atomic E-state index is 6.28. The predicted octanol–water partition coefficient (Wildman–Crippen LogP) is 8.42. The van der Waals surface area contributed by atoms with Crippen LogP contribution in [0, 0.1) is 0 Å². The van der Waals surface area contributed by atoms with E-state index in [0.717, 1.165) is 61.3 Å². The zero-order valence-corrected chi connectivity index (χ0v) is 19.8. The Morgan fingerprint density at radius 2 is 1.54 bits per heavy atom. The number of nitrogens with zero attached hydrogens (tertiary/aromatic N) is 2. The van der Waals surface area contributed by atoms with E-state index in [1.54, 1.807) is 6.20 Å². The fourth-order valence-corrected chi connectivity index (χ4v) is 5.57. The Bertz CT molecular complexity index is 2010. The summed E-state index contributed by atoms with van der Waals surface area (Å²) in [6.07, 6.45) is 7.60. The van der Waals surface area contributed by atoms with Crippen molar-refractivity contribution in [3.05, 3.63) is 115 Å². The largest absolute Gasteiger partial charge is 0.456 e. The van der Waals surface area contributed by atoms with Crippen molar-refractivity contribution in [2.24, 2.45) is 0 Å². The summed E-state index contributed by atoms with van der Waals surface area (Å²) in [5.41, 5.74) is 6.83. The van der Waals surface area contributed by atoms with Gasteiger partial charge in [-0.25, -0.2) is 0 Å². The SMILES string of the molecule is C1=Cc2oc3cccc(N(c4ccc5ccccc5c4)c4cccc5oc6ccncc6c45)c3c2CN1. The van der Waals surface area contributed by atoms with Crippen molar-refractivity contribution < 1.29 is 8.83 Å². The molecule has 1 aliphatic heterocycles. The molecule has 0 bridgehead atoms. The molecule has 1 aliphatic rings. The van der Waals surface area contributed by atoms with Crippen molar-refractivity contribution in [1.82, 2.24) is 10.3 Å². The van der Waals surface area contributed by atoms with Gasteiger partial charge in [-0.3, -0.25) is 4.98 Å². The molecule has 37 heavy (non-hydrogen) atoms. The molecule has 0 fully saturated rings. The van der Waals surface area contributed by atoms with Crippen molar-refractivity contribution >= 4 is 66.8 Å². The lowest BCUT2D eigenvalue weighted by atomic mass is 10.0. The van der Waals surface area contributed by atoms with Crippen LogP contribution in [0.5, 0.6) is 0 Å². The van der Waals surface area contributed by atoms with Gasteiger partial charge in [-0.2, -0.15) is 0 Å². The van der Waals surface area contributed by atoms with Crippen LogP contribution < -0.4 is 10.2 Å². The lowest BCUT2D eigenvalue weighted by Gasteiger charge is -2.27. The van der Waals surface area contributed by atoms with Crippen LogP contribution in [-0.4, -0.2) is 4.98 Å². The van der Waals surface area contributed by atoms with Gasteiger partial charge in [0.2, 0.25) is 0 Å². The number of benzene rings is 4. The van der Waals surface area contributed by atoms with E-state index in [-0.39, 0.29) is 0 Å². The molecule has 5 heteroatoms. The number of aromatic nitrogens is 1. The first-order valence-corrected chi connectivity index (χ1v) is 12.3. The van der Waals surface area contributed by atoms with Crippen LogP contribution in [0.25, 0.3) is 49.8 Å². The molecule has 0 unspecified atom stereocenters. The normalized spacial score (nSPS) is 12.9. The van der Waals surface area contributed by atoms with Crippen LogP contribution in [0.15, 0.2) is 112 Å². The second-order valence-electron chi connectivity index (χ2n) is 9.30. The van der Waals surface area contributed by atoms with Crippen molar-refractivity contribution in [2.45, 2.75) is 6.54 Å². The molecule has 5 nitrogen and oxygen atoms in total. The maximum Gasteiger partial charge on any atom is 0.138 e. The van der Waals surface area contributed by atoms with Crippen LogP contribution in [0.3, 0.4) is 0 Å². The molecular weight excluding hydrogens is 458 g/mol. The minimum Gasteiger partial charge on any atom is -0.456 e. The quantitative estimate of drug-likeness (QED) is 0.276. The number of hydrogen-bond acceptors (Lipinski definition) is 5. The molecule has 0 saturated heterocycles. The lowest BCUT2D eigenvalue weighted by molar-refractivity contribution is 0.592. The summed E-state index contributed by atoms with van der Waals surface area (Å²) in [7, 11) is 0. The lowest BCUT2D eigenvalue weighted by Crippen LogP contribution is -2.13. The monoisotopic (exact) mass is 479 g/mol. The molecule has 0 atom stereocenters. The number of furan rings is 2. The first kappa shape index (κ1) is 20.2. The maximum absolute atomic E-state index is 6.28. The summed E-state index contributed by atoms with van der Waals surface area (Å²) in [6, 6.07) is 29.5. The first-order valence-electron chi connectivity index (χ1n) is 12.3. The first-order chi connectivity index (χ1) is 18.3. The molecular formula is C32H21N3O2. The average Bonchev–Trinajstić information content (AvgIpc) is 3.52. The standard InChI is InChI=1S/C32H21N3O2/c1-2-6-21-17-22(12-11-20(21)5-1)35(25-7-3-9-29-31(25)23-18-33-15-13-27(23)36-29)26-8-4-10-30-32(26)24-19-34-16-14-28(24)37-30/h1-18,34H,19H2. The molecule has 4 aromatic carbocycles. The Morgan fingerprint density at radius 3 is 2.43 bits per heavy atom. The van der Waals surface area contributed by atoms with Crippen LogP contribution in [0.2, 0.25) is 0 Å². The summed E-state index contributed by atoms with van der Waals surface area (Å²) >= 11 is 0. The summed E-state index contributed by atoms with van der Waals surface area (Å²) in [5.74, 6) is 0.899. The van der Waals surface area contributed by atoms with Crippen molar-refractivity contribution in [1.29, 1.82) is 0 Å². The molecule has 176 valence electrons. The zero-order chi connectivity index (χ0) is 24.3. The van der Waals surface area contributed by atoms with E-state index in [0.29, 0.717) is 6.54 Å². The van der Waals surface area contributed by atoms with Crippen molar-refractivity contribution in [3.8, 4) is 0 Å². The number of hydrogen-bond donors (Lipinski definition) is 1. The smallest absolute Gasteiger partial charge is 0.138 e. The molecule has 4 heterocycles. The Balaban J connectivity index is 1.49. The van der Waals surface area contributed by atoms with Gasteiger partial charge < -0.3 is 19.1 Å². The molecule has 0 saturated carbocycles. The third kappa shape index (κ3) is 3.01. The highest BCUT2D eigenvalue weighted by Crippen LogP contribution is 2.46. The Kier molecular flexibility index (Phi) is 4.22. The number of fused-ring (bicyclic) bond motifs is 7. The number of pyridine rings is 1. The Labute approximate surface area is 212 Å². The molecule has 8 rings (SSSR count). The molecule has 1 N–H and O–H groups in total. The van der Waals surface area contributed by atoms with Gasteiger partial charge in [-0.05, 0) is 59.3 Å². The summed E-state index contributed by atoms with van der Waals surface area (Å²) in [5, 5.41) is 8.87. The molecule has 0 aliphatic carbocycles. The predicted molar refractivity (Wildman–Crippen MR) is 149 cm³/mol. The minimum atomic E-state index is 0.712. The number of nitrogens with one attached hydrogen (secondary N) is 1. The zero-order valence-electron chi connectivity index (χ0n) is 19.8. The summed E-state index contributed by atoms with van der Waals surface area (Å²) < 4.78 is 12.5. The number of anilines is 3. The van der Waals surface area contributed by atoms with Crippen molar-refractivity contribution in [2.75, 3.05) is 4.90 Å². The van der Waals surface area contributed by atoms with Crippen LogP contribution in [0.1, 0.15) is 11.3 Å². The molecule has 0 spiro atoms. The fourth-order valence-electron chi connectivity index (χ4n) is 5.57. The molecule has 0 amide bonds. The van der Waals surface area contributed by atoms with E-state index >= 15 is 0 Å². The van der Waals surface area contributed by atoms with Gasteiger partial charge in [-0.15, -0.1) is 0 Å². The summed E-state index contributed by atoms with van der Waals surface area (Å²) in [4.78, 5) is 6.74. The highest BCUT2D eigenvalue weighted by Gasteiger charge is 2.25. The van der Waals surface area contributed by atoms with Crippen molar-refractivity contribution in [3.63, 3.8) is 0 Å². The Morgan fingerprint density at radius 1 is 0.730 bits per heavy atom. The highest BCUT2D eigenvalue weighted by atomic mass is 16.3. The van der Waals surface area contributed by atoms with E-state index in [1.807, 2.05) is 36.7 Å². The highest BCUT2D eigenvalue weighted by molar-refractivity contribution is 6.14. The molecule has 0 radical (unpaired) electrons. The minimum absolute atomic E-state index is 0.712. The van der Waals surface area contributed by atoms with Gasteiger partial charge in [0.15, 0.2) is 0 Å². The van der Waals surface area contributed by atoms with E-state index in [4.69, 9.17) is 8.83 Å². The van der Waals surface area contributed by atoms with Crippen LogP contribution in [0.4, 0.5) is 17.1 Å². The topological polar surface area (TPSA) is 54.4 Å². The second kappa shape index (κ2) is 7.73. The van der Waals surface area contributed by atoms with Gasteiger partial charge >= 0.3 is 0 Å². The van der Waals surface area contributed by atoms with E-state index in [9.17, 15) is 0 Å². The van der Waals surface area contributed by atoms with E-state index in [2.05, 4.69) is 81.9 Å². The van der Waals surface area contributed by atoms with Gasteiger partial charge in [-0.1, -0.05) is 42.5 Å². The van der Waals surface area contributed by atoms with Gasteiger partial charge in [0.1, 0.15) is 22.5 Å². The molecule has 7 aromatic rings. The fraction of sp³-hybridized carbons (Fsp3) is 0.0312. The van der Waals surface area contributed by atoms with Gasteiger partial charge in [0.25, 0.3) is 0 Å². The van der Waals surface area contributed by atoms with Crippen LogP contribution >= 0.6 is 0 Å². The third-order valence-corrected chi connectivity index (χ3v) is 7.20. The average molecular weight is 480 g/mol. The van der Waals surface area contributed by atoms with E-state index < -0.39 is 0 Å². The number of rotatable bonds is 3. The Hall–Kier alpha value is -5.03. The van der Waals surface area contributed by atoms with Gasteiger partial charge in [0, 0.05) is 47.2 Å².